The predicted octanol–water partition coefficient (Wildman–Crippen LogP) is 1.65. The predicted molar refractivity (Wildman–Crippen MR) is 65.6 cm³/mol. The second-order valence-electron chi connectivity index (χ2n) is 3.80. The van der Waals surface area contributed by atoms with Crippen molar-refractivity contribution < 1.29 is 9.90 Å². The van der Waals surface area contributed by atoms with Crippen LogP contribution in [-0.2, 0) is 0 Å². The maximum atomic E-state index is 11.1. The Morgan fingerprint density at radius 3 is 2.75 bits per heavy atom. The highest BCUT2D eigenvalue weighted by Crippen LogP contribution is 2.18. The summed E-state index contributed by atoms with van der Waals surface area (Å²) in [7, 11) is 0. The Morgan fingerprint density at radius 1 is 1.56 bits per heavy atom. The van der Waals surface area contributed by atoms with Gasteiger partial charge < -0.3 is 16.2 Å². The van der Waals surface area contributed by atoms with E-state index in [1.54, 1.807) is 18.2 Å². The molecule has 0 radical (unpaired) electrons. The Balaban J connectivity index is 2.70. The van der Waals surface area contributed by atoms with Gasteiger partial charge in [0.15, 0.2) is 5.78 Å². The van der Waals surface area contributed by atoms with Crippen LogP contribution in [0.1, 0.15) is 30.6 Å². The van der Waals surface area contributed by atoms with Crippen molar-refractivity contribution in [1.29, 1.82) is 0 Å². The first-order valence-electron chi connectivity index (χ1n) is 5.37. The van der Waals surface area contributed by atoms with Gasteiger partial charge in [0.05, 0.1) is 6.10 Å². The van der Waals surface area contributed by atoms with E-state index in [9.17, 15) is 9.90 Å². The van der Waals surface area contributed by atoms with Crippen LogP contribution < -0.4 is 11.1 Å². The molecule has 88 valence electrons. The fraction of sp³-hybridized carbons (Fsp3) is 0.417. The fourth-order valence-electron chi connectivity index (χ4n) is 1.37. The van der Waals surface area contributed by atoms with Gasteiger partial charge in [-0.25, -0.2) is 0 Å². The van der Waals surface area contributed by atoms with E-state index < -0.39 is 0 Å². The van der Waals surface area contributed by atoms with Crippen LogP contribution in [0.15, 0.2) is 18.2 Å². The number of benzene rings is 1. The Bertz CT molecular complexity index is 377. The number of rotatable bonds is 5. The number of aliphatic hydroxyl groups excluding tert-OH is 1. The first-order chi connectivity index (χ1) is 7.54. The molecule has 0 bridgehead atoms. The third kappa shape index (κ3) is 3.24. The molecule has 1 atom stereocenters. The Kier molecular flexibility index (Phi) is 4.31. The minimum Gasteiger partial charge on any atom is -0.398 e. The largest absolute Gasteiger partial charge is 0.398 e. The highest BCUT2D eigenvalue weighted by molar-refractivity contribution is 5.99. The standard InChI is InChI=1S/C12H18N2O2/c1-3-10(16)7-14-9-4-5-11(8(2)15)12(13)6-9/h4-6,10,14,16H,3,7,13H2,1-2H3. The van der Waals surface area contributed by atoms with Crippen LogP contribution in [0.2, 0.25) is 0 Å². The summed E-state index contributed by atoms with van der Waals surface area (Å²) in [5.41, 5.74) is 7.54. The molecular formula is C12H18N2O2. The van der Waals surface area contributed by atoms with Crippen molar-refractivity contribution in [2.24, 2.45) is 0 Å². The van der Waals surface area contributed by atoms with E-state index >= 15 is 0 Å². The van der Waals surface area contributed by atoms with Gasteiger partial charge in [0.1, 0.15) is 0 Å². The van der Waals surface area contributed by atoms with E-state index in [-0.39, 0.29) is 11.9 Å². The molecule has 0 aliphatic rings. The van der Waals surface area contributed by atoms with Gasteiger partial charge in [-0.05, 0) is 31.5 Å². The second kappa shape index (κ2) is 5.51. The molecule has 1 rings (SSSR count). The molecule has 16 heavy (non-hydrogen) atoms. The summed E-state index contributed by atoms with van der Waals surface area (Å²) in [6.45, 7) is 3.88. The lowest BCUT2D eigenvalue weighted by molar-refractivity contribution is 0.101. The molecule has 4 heteroatoms. The molecule has 1 aromatic carbocycles. The number of nitrogens with two attached hydrogens (primary N) is 1. The average Bonchev–Trinajstić information content (AvgIpc) is 2.25. The summed E-state index contributed by atoms with van der Waals surface area (Å²) in [5, 5.41) is 12.4. The highest BCUT2D eigenvalue weighted by Gasteiger charge is 2.06. The minimum atomic E-state index is -0.367. The summed E-state index contributed by atoms with van der Waals surface area (Å²) in [6, 6.07) is 5.19. The molecule has 0 aliphatic carbocycles. The van der Waals surface area contributed by atoms with Crippen molar-refractivity contribution in [3.05, 3.63) is 23.8 Å². The van der Waals surface area contributed by atoms with Crippen LogP contribution in [0.3, 0.4) is 0 Å². The van der Waals surface area contributed by atoms with Gasteiger partial charge in [-0.2, -0.15) is 0 Å². The molecule has 1 aromatic rings. The normalized spacial score (nSPS) is 12.2. The monoisotopic (exact) mass is 222 g/mol. The molecule has 0 aromatic heterocycles. The SMILES string of the molecule is CCC(O)CNc1ccc(C(C)=O)c(N)c1. The number of carbonyl (C=O) groups is 1. The van der Waals surface area contributed by atoms with Crippen molar-refractivity contribution in [1.82, 2.24) is 0 Å². The fourth-order valence-corrected chi connectivity index (χ4v) is 1.37. The Hall–Kier alpha value is -1.55. The summed E-state index contributed by atoms with van der Waals surface area (Å²) in [5.74, 6) is -0.0438. The number of hydrogen-bond acceptors (Lipinski definition) is 4. The van der Waals surface area contributed by atoms with Crippen LogP contribution >= 0.6 is 0 Å². The summed E-state index contributed by atoms with van der Waals surface area (Å²) in [6.07, 6.45) is 0.335. The molecule has 0 spiro atoms. The lowest BCUT2D eigenvalue weighted by Gasteiger charge is -2.12. The van der Waals surface area contributed by atoms with Gasteiger partial charge in [0.2, 0.25) is 0 Å². The van der Waals surface area contributed by atoms with Crippen LogP contribution in [0.25, 0.3) is 0 Å². The number of nitrogens with one attached hydrogen (secondary N) is 1. The molecule has 4 nitrogen and oxygen atoms in total. The minimum absolute atomic E-state index is 0.0438. The molecule has 0 saturated carbocycles. The highest BCUT2D eigenvalue weighted by atomic mass is 16.3. The van der Waals surface area contributed by atoms with E-state index in [0.29, 0.717) is 24.2 Å². The molecule has 0 saturated heterocycles. The van der Waals surface area contributed by atoms with E-state index in [1.165, 1.54) is 6.92 Å². The number of ketones is 1. The lowest BCUT2D eigenvalue weighted by atomic mass is 10.1. The van der Waals surface area contributed by atoms with Gasteiger partial charge in [-0.3, -0.25) is 4.79 Å². The van der Waals surface area contributed by atoms with Gasteiger partial charge in [-0.1, -0.05) is 6.92 Å². The molecule has 1 unspecified atom stereocenters. The quantitative estimate of drug-likeness (QED) is 0.523. The summed E-state index contributed by atoms with van der Waals surface area (Å²) in [4.78, 5) is 11.1. The van der Waals surface area contributed by atoms with Crippen molar-refractivity contribution in [3.63, 3.8) is 0 Å². The zero-order chi connectivity index (χ0) is 12.1. The number of hydrogen-bond donors (Lipinski definition) is 3. The van der Waals surface area contributed by atoms with Crippen molar-refractivity contribution in [2.45, 2.75) is 26.4 Å². The van der Waals surface area contributed by atoms with Crippen LogP contribution in [0, 0.1) is 0 Å². The van der Waals surface area contributed by atoms with Gasteiger partial charge in [0.25, 0.3) is 0 Å². The molecule has 0 aliphatic heterocycles. The first kappa shape index (κ1) is 12.5. The third-order valence-corrected chi connectivity index (χ3v) is 2.44. The zero-order valence-electron chi connectivity index (χ0n) is 9.66. The topological polar surface area (TPSA) is 75.3 Å². The van der Waals surface area contributed by atoms with Crippen molar-refractivity contribution >= 4 is 17.2 Å². The second-order valence-corrected chi connectivity index (χ2v) is 3.80. The molecule has 0 heterocycles. The van der Waals surface area contributed by atoms with Crippen LogP contribution in [0.4, 0.5) is 11.4 Å². The lowest BCUT2D eigenvalue weighted by Crippen LogP contribution is -2.18. The summed E-state index contributed by atoms with van der Waals surface area (Å²) >= 11 is 0. The number of nitrogen functional groups attached to an aromatic ring is 1. The van der Waals surface area contributed by atoms with Crippen molar-refractivity contribution in [3.8, 4) is 0 Å². The average molecular weight is 222 g/mol. The first-order valence-corrected chi connectivity index (χ1v) is 5.37. The van der Waals surface area contributed by atoms with E-state index in [0.717, 1.165) is 5.69 Å². The molecule has 4 N–H and O–H groups in total. The molecule has 0 fully saturated rings. The number of aliphatic hydroxyl groups is 1. The van der Waals surface area contributed by atoms with Gasteiger partial charge in [0, 0.05) is 23.5 Å². The molecule has 0 amide bonds. The maximum absolute atomic E-state index is 11.1. The number of carbonyl (C=O) groups excluding carboxylic acids is 1. The van der Waals surface area contributed by atoms with E-state index in [4.69, 9.17) is 5.73 Å². The van der Waals surface area contributed by atoms with Crippen molar-refractivity contribution in [2.75, 3.05) is 17.6 Å². The summed E-state index contributed by atoms with van der Waals surface area (Å²) < 4.78 is 0. The van der Waals surface area contributed by atoms with E-state index in [2.05, 4.69) is 5.32 Å². The maximum Gasteiger partial charge on any atom is 0.161 e. The third-order valence-electron chi connectivity index (χ3n) is 2.44. The Morgan fingerprint density at radius 2 is 2.25 bits per heavy atom. The smallest absolute Gasteiger partial charge is 0.161 e. The number of anilines is 2. The van der Waals surface area contributed by atoms with E-state index in [1.807, 2.05) is 6.92 Å². The van der Waals surface area contributed by atoms with Gasteiger partial charge >= 0.3 is 0 Å². The number of Topliss-reactive ketones (excluding diaryl/α,β-unsaturated/α-hetero) is 1. The molecular weight excluding hydrogens is 204 g/mol. The van der Waals surface area contributed by atoms with Gasteiger partial charge in [-0.15, -0.1) is 0 Å². The zero-order valence-corrected chi connectivity index (χ0v) is 9.66. The van der Waals surface area contributed by atoms with Crippen LogP contribution in [-0.4, -0.2) is 23.5 Å². The Labute approximate surface area is 95.5 Å². The van der Waals surface area contributed by atoms with Crippen LogP contribution in [0.5, 0.6) is 0 Å².